The maximum Gasteiger partial charge on any atom is 0.305 e. The molecule has 0 fully saturated rings. The molecule has 190 valence electrons. The second-order valence-corrected chi connectivity index (χ2v) is 9.59. The van der Waals surface area contributed by atoms with Gasteiger partial charge >= 0.3 is 5.97 Å². The van der Waals surface area contributed by atoms with Crippen molar-refractivity contribution in [1.82, 2.24) is 14.9 Å². The maximum atomic E-state index is 14.9. The predicted molar refractivity (Wildman–Crippen MR) is 136 cm³/mol. The lowest BCUT2D eigenvalue weighted by atomic mass is 9.98. The lowest BCUT2D eigenvalue weighted by molar-refractivity contribution is -0.138. The van der Waals surface area contributed by atoms with Crippen LogP contribution in [-0.2, 0) is 9.59 Å². The van der Waals surface area contributed by atoms with E-state index in [2.05, 4.69) is 10.3 Å². The highest BCUT2D eigenvalue weighted by Gasteiger charge is 2.28. The fourth-order valence-corrected chi connectivity index (χ4v) is 4.33. The van der Waals surface area contributed by atoms with E-state index in [9.17, 15) is 23.9 Å². The minimum Gasteiger partial charge on any atom is -0.481 e. The molecule has 3 aromatic rings. The topological polar surface area (TPSA) is 101 Å². The lowest BCUT2D eigenvalue weighted by Crippen LogP contribution is -2.40. The van der Waals surface area contributed by atoms with E-state index in [1.807, 2.05) is 45.9 Å². The van der Waals surface area contributed by atoms with Crippen LogP contribution >= 0.6 is 0 Å². The van der Waals surface area contributed by atoms with Gasteiger partial charge < -0.3 is 15.0 Å². The summed E-state index contributed by atoms with van der Waals surface area (Å²) in [5.74, 6) is -2.10. The van der Waals surface area contributed by atoms with E-state index in [1.165, 1.54) is 22.8 Å². The van der Waals surface area contributed by atoms with Gasteiger partial charge in [0.25, 0.3) is 5.56 Å². The van der Waals surface area contributed by atoms with Crippen LogP contribution in [-0.4, -0.2) is 26.5 Å². The van der Waals surface area contributed by atoms with Crippen LogP contribution in [0, 0.1) is 32.5 Å². The third kappa shape index (κ3) is 6.24. The summed E-state index contributed by atoms with van der Waals surface area (Å²) in [5, 5.41) is 12.3. The number of hydrogen-bond acceptors (Lipinski definition) is 4. The Balaban J connectivity index is 2.02. The van der Waals surface area contributed by atoms with Crippen LogP contribution in [0.25, 0.3) is 11.3 Å². The van der Waals surface area contributed by atoms with Crippen molar-refractivity contribution in [2.45, 2.75) is 59.5 Å². The number of aliphatic carboxylic acids is 1. The van der Waals surface area contributed by atoms with E-state index in [0.29, 0.717) is 12.0 Å². The summed E-state index contributed by atoms with van der Waals surface area (Å²) in [6, 6.07) is 9.53. The molecule has 0 saturated heterocycles. The molecular weight excluding hydrogens is 461 g/mol. The Labute approximate surface area is 210 Å². The summed E-state index contributed by atoms with van der Waals surface area (Å²) < 4.78 is 16.2. The molecule has 1 aromatic carbocycles. The number of benzene rings is 1. The first-order valence-electron chi connectivity index (χ1n) is 11.9. The van der Waals surface area contributed by atoms with Crippen LogP contribution < -0.4 is 10.9 Å². The average molecular weight is 494 g/mol. The van der Waals surface area contributed by atoms with Crippen molar-refractivity contribution in [3.63, 3.8) is 0 Å². The van der Waals surface area contributed by atoms with Crippen LogP contribution in [0.15, 0.2) is 53.5 Å². The largest absolute Gasteiger partial charge is 0.481 e. The molecule has 2 aromatic heterocycles. The number of carboxylic acids is 1. The number of nitrogens with zero attached hydrogens (tertiary/aromatic N) is 2. The Bertz CT molecular complexity index is 1310. The number of pyridine rings is 2. The van der Waals surface area contributed by atoms with E-state index in [4.69, 9.17) is 0 Å². The van der Waals surface area contributed by atoms with Crippen LogP contribution in [0.2, 0.25) is 0 Å². The fraction of sp³-hybridized carbons (Fsp3) is 0.357. The molecule has 0 bridgehead atoms. The third-order valence-electron chi connectivity index (χ3n) is 6.07. The Kier molecular flexibility index (Phi) is 8.40. The molecule has 2 atom stereocenters. The molecule has 7 nitrogen and oxygen atoms in total. The number of aromatic nitrogens is 2. The Hall–Kier alpha value is -3.81. The van der Waals surface area contributed by atoms with Gasteiger partial charge in [-0.1, -0.05) is 32.0 Å². The van der Waals surface area contributed by atoms with Gasteiger partial charge in [-0.25, -0.2) is 9.37 Å². The smallest absolute Gasteiger partial charge is 0.305 e. The summed E-state index contributed by atoms with van der Waals surface area (Å²) in [7, 11) is 0. The van der Waals surface area contributed by atoms with Gasteiger partial charge in [0.15, 0.2) is 0 Å². The molecule has 8 heteroatoms. The van der Waals surface area contributed by atoms with Crippen molar-refractivity contribution in [2.75, 3.05) is 0 Å². The van der Waals surface area contributed by atoms with E-state index in [-0.39, 0.29) is 22.9 Å². The number of carbonyl (C=O) groups is 2. The second-order valence-electron chi connectivity index (χ2n) is 9.59. The van der Waals surface area contributed by atoms with Gasteiger partial charge in [0.05, 0.1) is 18.2 Å². The number of carbonyl (C=O) groups excluding carboxylic acids is 1. The minimum absolute atomic E-state index is 0.0893. The summed E-state index contributed by atoms with van der Waals surface area (Å²) in [4.78, 5) is 42.3. The zero-order valence-electron chi connectivity index (χ0n) is 21.2. The molecule has 2 heterocycles. The predicted octanol–water partition coefficient (Wildman–Crippen LogP) is 4.89. The quantitative estimate of drug-likeness (QED) is 0.442. The molecular formula is C28H32FN3O4. The molecule has 1 amide bonds. The molecule has 0 saturated carbocycles. The highest BCUT2D eigenvalue weighted by Crippen LogP contribution is 2.30. The first-order valence-corrected chi connectivity index (χ1v) is 11.9. The van der Waals surface area contributed by atoms with Crippen molar-refractivity contribution in [3.8, 4) is 11.3 Å². The van der Waals surface area contributed by atoms with Crippen LogP contribution in [0.3, 0.4) is 0 Å². The minimum atomic E-state index is -1.15. The third-order valence-corrected chi connectivity index (χ3v) is 6.07. The van der Waals surface area contributed by atoms with Crippen molar-refractivity contribution < 1.29 is 19.1 Å². The number of halogens is 1. The molecule has 3 rings (SSSR count). The summed E-state index contributed by atoms with van der Waals surface area (Å²) in [5.41, 5.74) is 3.06. The van der Waals surface area contributed by atoms with E-state index in [1.54, 1.807) is 19.2 Å². The SMILES string of the molecule is Cc1ccn([C@@H](CC(C)C)C(=O)N[C@@H](CC(=O)O)c2ccc(F)c(-c3c(C)cccc3C)n2)c(=O)c1. The number of carboxylic acid groups (broad SMARTS) is 1. The highest BCUT2D eigenvalue weighted by molar-refractivity contribution is 5.81. The molecule has 0 spiro atoms. The van der Waals surface area contributed by atoms with Gasteiger partial charge in [-0.05, 0) is 68.0 Å². The molecule has 0 radical (unpaired) electrons. The number of nitrogens with one attached hydrogen (secondary N) is 1. The van der Waals surface area contributed by atoms with Crippen LogP contribution in [0.5, 0.6) is 0 Å². The first kappa shape index (κ1) is 26.8. The van der Waals surface area contributed by atoms with Crippen molar-refractivity contribution in [3.05, 3.63) is 87.2 Å². The Morgan fingerprint density at radius 2 is 1.75 bits per heavy atom. The molecule has 0 unspecified atom stereocenters. The molecule has 36 heavy (non-hydrogen) atoms. The first-order chi connectivity index (χ1) is 17.0. The molecule has 0 aliphatic carbocycles. The zero-order chi connectivity index (χ0) is 26.6. The van der Waals surface area contributed by atoms with Gasteiger partial charge in [0.1, 0.15) is 17.6 Å². The van der Waals surface area contributed by atoms with E-state index in [0.717, 1.165) is 16.7 Å². The molecule has 0 aliphatic heterocycles. The standard InChI is InChI=1S/C28H32FN3O4/c1-16(2)13-23(32-12-11-17(3)14-24(32)33)28(36)31-22(15-25(34)35)21-10-9-20(29)27(30-21)26-18(4)7-6-8-19(26)5/h6-12,14,16,22-23H,13,15H2,1-5H3,(H,31,36)(H,34,35)/t22-,23-/m0/s1. The van der Waals surface area contributed by atoms with Crippen molar-refractivity contribution in [1.29, 1.82) is 0 Å². The second kappa shape index (κ2) is 11.3. The number of hydrogen-bond donors (Lipinski definition) is 2. The normalized spacial score (nSPS) is 12.9. The van der Waals surface area contributed by atoms with Crippen molar-refractivity contribution >= 4 is 11.9 Å². The lowest BCUT2D eigenvalue weighted by Gasteiger charge is -2.25. The van der Waals surface area contributed by atoms with Crippen molar-refractivity contribution in [2.24, 2.45) is 5.92 Å². The molecule has 2 N–H and O–H groups in total. The van der Waals surface area contributed by atoms with Gasteiger partial charge in [-0.3, -0.25) is 14.4 Å². The van der Waals surface area contributed by atoms with Gasteiger partial charge in [0, 0.05) is 17.8 Å². The number of aryl methyl sites for hydroxylation is 3. The fourth-order valence-electron chi connectivity index (χ4n) is 4.33. The van der Waals surface area contributed by atoms with Crippen LogP contribution in [0.1, 0.15) is 61.2 Å². The summed E-state index contributed by atoms with van der Waals surface area (Å²) in [6.45, 7) is 9.37. The Morgan fingerprint density at radius 1 is 1.08 bits per heavy atom. The number of rotatable bonds is 9. The highest BCUT2D eigenvalue weighted by atomic mass is 19.1. The van der Waals surface area contributed by atoms with Gasteiger partial charge in [-0.15, -0.1) is 0 Å². The monoisotopic (exact) mass is 493 g/mol. The summed E-state index contributed by atoms with van der Waals surface area (Å²) >= 11 is 0. The molecule has 0 aliphatic rings. The van der Waals surface area contributed by atoms with Gasteiger partial charge in [0.2, 0.25) is 5.91 Å². The van der Waals surface area contributed by atoms with E-state index >= 15 is 0 Å². The Morgan fingerprint density at radius 3 is 2.33 bits per heavy atom. The number of amides is 1. The summed E-state index contributed by atoms with van der Waals surface area (Å²) in [6.07, 6.45) is 1.50. The van der Waals surface area contributed by atoms with Gasteiger partial charge in [-0.2, -0.15) is 0 Å². The average Bonchev–Trinajstić information content (AvgIpc) is 2.78. The van der Waals surface area contributed by atoms with Crippen LogP contribution in [0.4, 0.5) is 4.39 Å². The maximum absolute atomic E-state index is 14.9. The van der Waals surface area contributed by atoms with E-state index < -0.39 is 36.2 Å². The zero-order valence-corrected chi connectivity index (χ0v) is 21.2.